The van der Waals surface area contributed by atoms with Gasteiger partial charge in [0.1, 0.15) is 16.8 Å². The summed E-state index contributed by atoms with van der Waals surface area (Å²) in [5, 5.41) is 5.49. The number of halogens is 1. The Hall–Kier alpha value is -2.01. The van der Waals surface area contributed by atoms with Gasteiger partial charge in [-0.2, -0.15) is 5.10 Å². The van der Waals surface area contributed by atoms with E-state index in [1.54, 1.807) is 26.7 Å². The van der Waals surface area contributed by atoms with Crippen molar-refractivity contribution in [2.75, 3.05) is 0 Å². The molecule has 4 aromatic heterocycles. The average molecular weight is 634 g/mol. The molecule has 0 radical (unpaired) electrons. The summed E-state index contributed by atoms with van der Waals surface area (Å²) in [4.78, 5) is 19.1. The molecule has 0 unspecified atom stereocenters. The minimum absolute atomic E-state index is 0.146. The molecule has 0 amide bonds. The van der Waals surface area contributed by atoms with Crippen LogP contribution in [0.3, 0.4) is 0 Å². The van der Waals surface area contributed by atoms with Gasteiger partial charge in [0.25, 0.3) is 0 Å². The Bertz CT molecular complexity index is 1490. The lowest BCUT2D eigenvalue weighted by atomic mass is 9.95. The number of thiophene rings is 1. The maximum absolute atomic E-state index is 13.9. The second kappa shape index (κ2) is 11.5. The maximum Gasteiger partial charge on any atom is 0.420 e. The SMILES string of the molecule is CCC[Si](C)(CCC)OCc1c(Br)sc2c1c(C(C)C)c(-c1cc(C)c3ncnn3c1)n2C(=O)OC(C)(C)C. The van der Waals surface area contributed by atoms with Crippen molar-refractivity contribution in [3.05, 3.63) is 39.1 Å². The number of hydrogen-bond donors (Lipinski definition) is 0. The summed E-state index contributed by atoms with van der Waals surface area (Å²) in [5.74, 6) is 0.146. The van der Waals surface area contributed by atoms with Crippen LogP contribution in [0.15, 0.2) is 22.4 Å². The van der Waals surface area contributed by atoms with Crippen molar-refractivity contribution in [3.63, 3.8) is 0 Å². The largest absolute Gasteiger partial charge is 0.443 e. The lowest BCUT2D eigenvalue weighted by molar-refractivity contribution is 0.0547. The Labute approximate surface area is 245 Å². The summed E-state index contributed by atoms with van der Waals surface area (Å²) in [6.07, 6.45) is 5.38. The molecule has 0 spiro atoms. The molecule has 10 heteroatoms. The van der Waals surface area contributed by atoms with Crippen molar-refractivity contribution < 1.29 is 14.0 Å². The zero-order valence-electron chi connectivity index (χ0n) is 24.6. The number of aromatic nitrogens is 4. The predicted molar refractivity (Wildman–Crippen MR) is 167 cm³/mol. The second-order valence-corrected chi connectivity index (χ2v) is 18.5. The Morgan fingerprint density at radius 3 is 2.46 bits per heavy atom. The molecule has 0 bridgehead atoms. The number of ether oxygens (including phenoxy) is 1. The molecule has 0 saturated carbocycles. The summed E-state index contributed by atoms with van der Waals surface area (Å²) in [5.41, 5.74) is 5.14. The Kier molecular flexibility index (Phi) is 8.81. The van der Waals surface area contributed by atoms with Crippen LogP contribution in [0.2, 0.25) is 18.6 Å². The van der Waals surface area contributed by atoms with Crippen LogP contribution in [0.25, 0.3) is 27.1 Å². The first-order chi connectivity index (χ1) is 18.3. The normalized spacial score (nSPS) is 12.8. The molecule has 0 N–H and O–H groups in total. The van der Waals surface area contributed by atoms with Crippen molar-refractivity contribution in [2.45, 2.75) is 105 Å². The molecular formula is C29H41BrN4O3SSi. The quantitative estimate of drug-likeness (QED) is 0.172. The lowest BCUT2D eigenvalue weighted by Crippen LogP contribution is -2.33. The smallest absolute Gasteiger partial charge is 0.420 e. The fraction of sp³-hybridized carbons (Fsp3) is 0.552. The summed E-state index contributed by atoms with van der Waals surface area (Å²) in [6, 6.07) is 4.38. The van der Waals surface area contributed by atoms with E-state index in [2.05, 4.69) is 66.3 Å². The number of aryl methyl sites for hydroxylation is 1. The monoisotopic (exact) mass is 632 g/mol. The second-order valence-electron chi connectivity index (χ2n) is 11.9. The number of fused-ring (bicyclic) bond motifs is 2. The van der Waals surface area contributed by atoms with E-state index in [1.807, 2.05) is 33.9 Å². The van der Waals surface area contributed by atoms with Crippen LogP contribution in [0, 0.1) is 6.92 Å². The van der Waals surface area contributed by atoms with Gasteiger partial charge in [-0.05, 0) is 85.4 Å². The number of carbonyl (C=O) groups is 1. The Morgan fingerprint density at radius 1 is 1.21 bits per heavy atom. The predicted octanol–water partition coefficient (Wildman–Crippen LogP) is 9.30. The van der Waals surface area contributed by atoms with Crippen molar-refractivity contribution in [2.24, 2.45) is 0 Å². The van der Waals surface area contributed by atoms with Crippen LogP contribution >= 0.6 is 27.3 Å². The number of carbonyl (C=O) groups excluding carboxylic acids is 1. The third kappa shape index (κ3) is 6.04. The molecule has 0 aliphatic carbocycles. The van der Waals surface area contributed by atoms with E-state index in [0.717, 1.165) is 72.5 Å². The summed E-state index contributed by atoms with van der Waals surface area (Å²) in [7, 11) is -1.85. The van der Waals surface area contributed by atoms with Gasteiger partial charge in [-0.25, -0.2) is 18.9 Å². The topological polar surface area (TPSA) is 70.7 Å². The standard InChI is InChI=1S/C29H41BrN4O3SSi/c1-10-12-39(9,13-11-2)36-16-21-23-22(18(3)4)24(20-14-19(5)26-31-17-32-33(26)15-20)34(27(23)38-25(21)30)28(35)37-29(6,7)8/h14-15,17-18H,10-13,16H2,1-9H3. The minimum atomic E-state index is -1.85. The maximum atomic E-state index is 13.9. The number of hydrogen-bond acceptors (Lipinski definition) is 6. The molecule has 4 aromatic rings. The van der Waals surface area contributed by atoms with Gasteiger partial charge in [-0.1, -0.05) is 40.5 Å². The first-order valence-electron chi connectivity index (χ1n) is 13.8. The molecule has 4 heterocycles. The van der Waals surface area contributed by atoms with E-state index in [4.69, 9.17) is 9.16 Å². The summed E-state index contributed by atoms with van der Waals surface area (Å²) >= 11 is 5.42. The highest BCUT2D eigenvalue weighted by Crippen LogP contribution is 2.47. The number of pyridine rings is 1. The molecule has 4 rings (SSSR count). The summed E-state index contributed by atoms with van der Waals surface area (Å²) < 4.78 is 17.3. The molecule has 39 heavy (non-hydrogen) atoms. The van der Waals surface area contributed by atoms with Crippen LogP contribution in [0.5, 0.6) is 0 Å². The fourth-order valence-electron chi connectivity index (χ4n) is 5.45. The zero-order chi connectivity index (χ0) is 28.7. The Morgan fingerprint density at radius 2 is 1.87 bits per heavy atom. The van der Waals surface area contributed by atoms with E-state index < -0.39 is 13.9 Å². The lowest BCUT2D eigenvalue weighted by Gasteiger charge is -2.27. The fourth-order valence-corrected chi connectivity index (χ4v) is 10.4. The van der Waals surface area contributed by atoms with Gasteiger partial charge in [-0.15, -0.1) is 11.3 Å². The molecule has 0 saturated heterocycles. The van der Waals surface area contributed by atoms with Crippen LogP contribution < -0.4 is 0 Å². The van der Waals surface area contributed by atoms with E-state index in [1.165, 1.54) is 0 Å². The summed E-state index contributed by atoms with van der Waals surface area (Å²) in [6.45, 7) is 19.4. The Balaban J connectivity index is 1.99. The minimum Gasteiger partial charge on any atom is -0.443 e. The van der Waals surface area contributed by atoms with Gasteiger partial charge in [-0.3, -0.25) is 0 Å². The average Bonchev–Trinajstić information content (AvgIpc) is 3.49. The van der Waals surface area contributed by atoms with Crippen LogP contribution in [0.1, 0.15) is 83.9 Å². The molecule has 0 aromatic carbocycles. The molecule has 0 atom stereocenters. The van der Waals surface area contributed by atoms with E-state index in [9.17, 15) is 4.79 Å². The van der Waals surface area contributed by atoms with Gasteiger partial charge in [0.2, 0.25) is 0 Å². The van der Waals surface area contributed by atoms with Gasteiger partial charge in [0, 0.05) is 22.7 Å². The molecular weight excluding hydrogens is 592 g/mol. The number of nitrogens with zero attached hydrogens (tertiary/aromatic N) is 4. The molecule has 0 aliphatic rings. The van der Waals surface area contributed by atoms with E-state index in [0.29, 0.717) is 6.61 Å². The highest BCUT2D eigenvalue weighted by atomic mass is 79.9. The van der Waals surface area contributed by atoms with E-state index >= 15 is 0 Å². The van der Waals surface area contributed by atoms with Gasteiger partial charge in [0.15, 0.2) is 14.0 Å². The van der Waals surface area contributed by atoms with Crippen LogP contribution in [-0.2, 0) is 15.8 Å². The van der Waals surface area contributed by atoms with Crippen molar-refractivity contribution >= 4 is 57.5 Å². The van der Waals surface area contributed by atoms with Crippen molar-refractivity contribution in [3.8, 4) is 11.3 Å². The molecule has 0 fully saturated rings. The van der Waals surface area contributed by atoms with Gasteiger partial charge in [0.05, 0.1) is 16.1 Å². The molecule has 0 aliphatic heterocycles. The first-order valence-corrected chi connectivity index (χ1v) is 18.3. The van der Waals surface area contributed by atoms with Gasteiger partial charge >= 0.3 is 6.09 Å². The van der Waals surface area contributed by atoms with E-state index in [-0.39, 0.29) is 12.0 Å². The molecule has 7 nitrogen and oxygen atoms in total. The zero-order valence-corrected chi connectivity index (χ0v) is 28.0. The van der Waals surface area contributed by atoms with Gasteiger partial charge < -0.3 is 9.16 Å². The highest BCUT2D eigenvalue weighted by molar-refractivity contribution is 9.11. The van der Waals surface area contributed by atoms with Crippen LogP contribution in [-0.4, -0.2) is 39.2 Å². The third-order valence-electron chi connectivity index (χ3n) is 7.00. The third-order valence-corrected chi connectivity index (χ3v) is 12.9. The number of rotatable bonds is 9. The molecule has 212 valence electrons. The highest BCUT2D eigenvalue weighted by Gasteiger charge is 2.33. The first kappa shape index (κ1) is 30.0. The van der Waals surface area contributed by atoms with Crippen molar-refractivity contribution in [1.82, 2.24) is 19.2 Å². The van der Waals surface area contributed by atoms with Crippen LogP contribution in [0.4, 0.5) is 4.79 Å². The van der Waals surface area contributed by atoms with Crippen molar-refractivity contribution in [1.29, 1.82) is 0 Å².